The summed E-state index contributed by atoms with van der Waals surface area (Å²) in [4.78, 5) is 14.8. The first-order valence-corrected chi connectivity index (χ1v) is 29.1. The normalized spacial score (nSPS) is 13.6. The van der Waals surface area contributed by atoms with Crippen molar-refractivity contribution < 1.29 is 0 Å². The van der Waals surface area contributed by atoms with Gasteiger partial charge in [-0.2, -0.15) is 0 Å². The molecule has 0 spiro atoms. The van der Waals surface area contributed by atoms with Gasteiger partial charge in [0, 0.05) is 34.1 Å². The van der Waals surface area contributed by atoms with Crippen molar-refractivity contribution in [1.29, 1.82) is 0 Å². The number of hydrogen-bond donors (Lipinski definition) is 0. The van der Waals surface area contributed by atoms with E-state index in [0.29, 0.717) is 0 Å². The molecule has 10 aromatic carbocycles. The molecule has 0 aliphatic carbocycles. The van der Waals surface area contributed by atoms with Crippen LogP contribution in [0.1, 0.15) is 66.8 Å². The van der Waals surface area contributed by atoms with E-state index in [2.05, 4.69) is 289 Å². The molecule has 81 heavy (non-hydrogen) atoms. The van der Waals surface area contributed by atoms with Gasteiger partial charge in [-0.1, -0.05) is 146 Å². The van der Waals surface area contributed by atoms with Gasteiger partial charge in [-0.15, -0.1) is 0 Å². The SMILES string of the molecule is Cc1cccc(C)c1N1CN(c2ccc(CCc3cc(CCc4ccc(N5CN(c6c(C)cccc6C)c6ccccc65)cc4)cc(CCc4ccc(N5CN(c6c(C)cccc6C)c6ccccc65)cc4)c3)cc2)c2ccccc21. The Morgan fingerprint density at radius 1 is 0.222 bits per heavy atom. The molecular formula is C75H72N6. The maximum absolute atomic E-state index is 2.49. The summed E-state index contributed by atoms with van der Waals surface area (Å²) in [5.41, 5.74) is 31.2. The van der Waals surface area contributed by atoms with Crippen LogP contribution in [0.5, 0.6) is 0 Å². The van der Waals surface area contributed by atoms with Crippen LogP contribution in [0.4, 0.5) is 68.2 Å². The average Bonchev–Trinajstić information content (AvgIpc) is 4.35. The monoisotopic (exact) mass is 1060 g/mol. The lowest BCUT2D eigenvalue weighted by atomic mass is 9.94. The summed E-state index contributed by atoms with van der Waals surface area (Å²) in [5, 5.41) is 0. The van der Waals surface area contributed by atoms with Crippen LogP contribution < -0.4 is 29.4 Å². The van der Waals surface area contributed by atoms with E-state index in [1.54, 1.807) is 0 Å². The second kappa shape index (κ2) is 21.9. The Hall–Kier alpha value is -9.00. The molecule has 0 saturated heterocycles. The van der Waals surface area contributed by atoms with Crippen LogP contribution in [0.3, 0.4) is 0 Å². The predicted octanol–water partition coefficient (Wildman–Crippen LogP) is 18.6. The highest BCUT2D eigenvalue weighted by molar-refractivity contribution is 5.91. The third kappa shape index (κ3) is 10.1. The van der Waals surface area contributed by atoms with Crippen LogP contribution in [-0.2, 0) is 38.5 Å². The summed E-state index contributed by atoms with van der Waals surface area (Å²) in [6.45, 7) is 15.7. The number of anilines is 12. The van der Waals surface area contributed by atoms with Gasteiger partial charge in [0.25, 0.3) is 0 Å². The van der Waals surface area contributed by atoms with Gasteiger partial charge in [0.1, 0.15) is 20.0 Å². The van der Waals surface area contributed by atoms with Crippen LogP contribution >= 0.6 is 0 Å². The molecule has 3 heterocycles. The number of benzene rings is 10. The van der Waals surface area contributed by atoms with Gasteiger partial charge < -0.3 is 29.4 Å². The Kier molecular flexibility index (Phi) is 13.9. The van der Waals surface area contributed by atoms with Crippen molar-refractivity contribution in [3.8, 4) is 0 Å². The summed E-state index contributed by atoms with van der Waals surface area (Å²) in [6, 6.07) is 81.8. The fourth-order valence-electron chi connectivity index (χ4n) is 13.2. The van der Waals surface area contributed by atoms with E-state index < -0.39 is 0 Å². The van der Waals surface area contributed by atoms with Gasteiger partial charge in [-0.3, -0.25) is 0 Å². The Morgan fingerprint density at radius 3 is 0.667 bits per heavy atom. The lowest BCUT2D eigenvalue weighted by Gasteiger charge is -2.25. The van der Waals surface area contributed by atoms with Gasteiger partial charge in [-0.25, -0.2) is 0 Å². The van der Waals surface area contributed by atoms with Gasteiger partial charge in [0.05, 0.1) is 34.1 Å². The van der Waals surface area contributed by atoms with Crippen LogP contribution in [-0.4, -0.2) is 20.0 Å². The van der Waals surface area contributed by atoms with Gasteiger partial charge in [0.15, 0.2) is 0 Å². The molecule has 0 aromatic heterocycles. The molecule has 402 valence electrons. The average molecular weight is 1060 g/mol. The maximum Gasteiger partial charge on any atom is 0.100 e. The first-order chi connectivity index (χ1) is 39.6. The molecule has 3 aliphatic heterocycles. The van der Waals surface area contributed by atoms with Gasteiger partial charge in [0.2, 0.25) is 0 Å². The molecule has 6 heteroatoms. The van der Waals surface area contributed by atoms with Crippen molar-refractivity contribution in [3.05, 3.63) is 285 Å². The largest absolute Gasteiger partial charge is 0.321 e. The molecule has 0 atom stereocenters. The lowest BCUT2D eigenvalue weighted by molar-refractivity contribution is 0.902. The number of nitrogens with zero attached hydrogens (tertiary/aromatic N) is 6. The van der Waals surface area contributed by atoms with Crippen molar-refractivity contribution in [2.75, 3.05) is 49.4 Å². The smallest absolute Gasteiger partial charge is 0.100 e. The highest BCUT2D eigenvalue weighted by Crippen LogP contribution is 2.49. The number of hydrogen-bond acceptors (Lipinski definition) is 6. The standard InChI is InChI=1S/C75H72N6/c1-52-16-13-17-53(2)73(52)79-49-76(67-22-7-10-25-70(67)79)64-40-34-58(35-41-64)28-31-61-46-62(32-29-59-36-42-65(43-37-59)77-50-80(71-26-11-8-23-68(71)77)74-54(3)18-14-19-55(74)4)48-63(47-61)33-30-60-38-44-66(45-39-60)78-51-81(72-27-12-9-24-69(72)78)75-56(5)20-15-21-57(75)6/h7-27,34-48H,28-33,49-51H2,1-6H3. The van der Waals surface area contributed by atoms with Crippen molar-refractivity contribution >= 4 is 68.2 Å². The first kappa shape index (κ1) is 51.4. The quantitative estimate of drug-likeness (QED) is 0.101. The van der Waals surface area contributed by atoms with Gasteiger partial charge >= 0.3 is 0 Å². The molecule has 3 aliphatic rings. The highest BCUT2D eigenvalue weighted by atomic mass is 15.4. The second-order valence-electron chi connectivity index (χ2n) is 22.8. The Balaban J connectivity index is 0.724. The van der Waals surface area contributed by atoms with Crippen LogP contribution in [0.2, 0.25) is 0 Å². The summed E-state index contributed by atoms with van der Waals surface area (Å²) in [5.74, 6) is 0. The van der Waals surface area contributed by atoms with Crippen LogP contribution in [0.15, 0.2) is 218 Å². The third-order valence-corrected chi connectivity index (χ3v) is 17.3. The van der Waals surface area contributed by atoms with E-state index in [1.807, 2.05) is 0 Å². The van der Waals surface area contributed by atoms with E-state index >= 15 is 0 Å². The zero-order valence-electron chi connectivity index (χ0n) is 47.8. The minimum absolute atomic E-state index is 0.786. The van der Waals surface area contributed by atoms with Crippen molar-refractivity contribution in [2.45, 2.75) is 80.1 Å². The summed E-state index contributed by atoms with van der Waals surface area (Å²) in [6.07, 6.45) is 5.92. The molecule has 0 bridgehead atoms. The van der Waals surface area contributed by atoms with E-state index in [0.717, 1.165) is 58.5 Å². The Labute approximate surface area is 480 Å². The molecule has 0 saturated carbocycles. The van der Waals surface area contributed by atoms with Crippen molar-refractivity contribution in [2.24, 2.45) is 0 Å². The summed E-state index contributed by atoms with van der Waals surface area (Å²) >= 11 is 0. The molecule has 10 aromatic rings. The molecular weight excluding hydrogens is 985 g/mol. The van der Waals surface area contributed by atoms with Crippen LogP contribution in [0, 0.1) is 41.5 Å². The summed E-state index contributed by atoms with van der Waals surface area (Å²) < 4.78 is 0. The minimum atomic E-state index is 0.786. The maximum atomic E-state index is 2.49. The topological polar surface area (TPSA) is 19.4 Å². The molecule has 0 N–H and O–H groups in total. The van der Waals surface area contributed by atoms with Crippen LogP contribution in [0.25, 0.3) is 0 Å². The van der Waals surface area contributed by atoms with Crippen molar-refractivity contribution in [3.63, 3.8) is 0 Å². The number of rotatable bonds is 15. The first-order valence-electron chi connectivity index (χ1n) is 29.1. The zero-order chi connectivity index (χ0) is 55.1. The Bertz CT molecular complexity index is 3440. The van der Waals surface area contributed by atoms with E-state index in [1.165, 1.54) is 135 Å². The zero-order valence-corrected chi connectivity index (χ0v) is 47.8. The highest BCUT2D eigenvalue weighted by Gasteiger charge is 2.32. The molecule has 0 fully saturated rings. The van der Waals surface area contributed by atoms with Crippen molar-refractivity contribution in [1.82, 2.24) is 0 Å². The second-order valence-corrected chi connectivity index (χ2v) is 22.8. The fourth-order valence-corrected chi connectivity index (χ4v) is 13.2. The minimum Gasteiger partial charge on any atom is -0.321 e. The fraction of sp³-hybridized carbons (Fsp3) is 0.200. The van der Waals surface area contributed by atoms with E-state index in [4.69, 9.17) is 0 Å². The Morgan fingerprint density at radius 2 is 0.432 bits per heavy atom. The molecule has 0 unspecified atom stereocenters. The third-order valence-electron chi connectivity index (χ3n) is 17.3. The number of para-hydroxylation sites is 9. The molecule has 6 nitrogen and oxygen atoms in total. The number of aryl methyl sites for hydroxylation is 12. The molecule has 0 radical (unpaired) electrons. The van der Waals surface area contributed by atoms with E-state index in [9.17, 15) is 0 Å². The summed E-state index contributed by atoms with van der Waals surface area (Å²) in [7, 11) is 0. The predicted molar refractivity (Wildman–Crippen MR) is 343 cm³/mol. The lowest BCUT2D eigenvalue weighted by Crippen LogP contribution is -2.25. The van der Waals surface area contributed by atoms with Gasteiger partial charge in [-0.05, 0) is 220 Å². The molecule has 13 rings (SSSR count). The number of fused-ring (bicyclic) bond motifs is 3. The molecule has 0 amide bonds. The van der Waals surface area contributed by atoms with E-state index in [-0.39, 0.29) is 0 Å².